The van der Waals surface area contributed by atoms with Crippen LogP contribution in [-0.2, 0) is 20.7 Å². The van der Waals surface area contributed by atoms with Gasteiger partial charge in [-0.25, -0.2) is 0 Å². The molecule has 0 N–H and O–H groups in total. The van der Waals surface area contributed by atoms with Crippen molar-refractivity contribution in [1.82, 2.24) is 4.90 Å². The van der Waals surface area contributed by atoms with Gasteiger partial charge >= 0.3 is 0 Å². The van der Waals surface area contributed by atoms with Crippen LogP contribution in [0.15, 0.2) is 24.3 Å². The summed E-state index contributed by atoms with van der Waals surface area (Å²) in [5.41, 5.74) is 2.47. The molecule has 2 aliphatic rings. The van der Waals surface area contributed by atoms with Crippen LogP contribution in [0.4, 0.5) is 0 Å². The van der Waals surface area contributed by atoms with Gasteiger partial charge in [-0.05, 0) is 24.6 Å². The molecule has 2 atom stereocenters. The Bertz CT molecular complexity index is 488. The minimum atomic E-state index is -0.300. The molecule has 1 aromatic carbocycles. The van der Waals surface area contributed by atoms with Crippen LogP contribution in [0.1, 0.15) is 23.7 Å². The summed E-state index contributed by atoms with van der Waals surface area (Å²) in [6.07, 6.45) is 0.939. The Morgan fingerprint density at radius 3 is 3.00 bits per heavy atom. The monoisotopic (exact) mass is 275 g/mol. The third-order valence-electron chi connectivity index (χ3n) is 4.11. The van der Waals surface area contributed by atoms with Crippen LogP contribution >= 0.6 is 0 Å². The highest BCUT2D eigenvalue weighted by Crippen LogP contribution is 2.30. The second kappa shape index (κ2) is 6.04. The molecular weight excluding hydrogens is 254 g/mol. The number of Topliss-reactive ketones (excluding diaryl/α,β-unsaturated/α-hetero) is 1. The van der Waals surface area contributed by atoms with E-state index in [4.69, 9.17) is 9.47 Å². The van der Waals surface area contributed by atoms with Crippen molar-refractivity contribution < 1.29 is 14.3 Å². The molecule has 0 radical (unpaired) electrons. The summed E-state index contributed by atoms with van der Waals surface area (Å²) in [6, 6.07) is 8.25. The molecule has 0 spiro atoms. The van der Waals surface area contributed by atoms with Gasteiger partial charge in [0.05, 0.1) is 19.3 Å². The Morgan fingerprint density at radius 2 is 2.15 bits per heavy atom. The molecule has 3 rings (SSSR count). The van der Waals surface area contributed by atoms with Crippen molar-refractivity contribution in [2.75, 3.05) is 33.4 Å². The maximum Gasteiger partial charge on any atom is 0.165 e. The van der Waals surface area contributed by atoms with Gasteiger partial charge in [-0.2, -0.15) is 0 Å². The number of fused-ring (bicyclic) bond motifs is 1. The van der Waals surface area contributed by atoms with Crippen molar-refractivity contribution in [2.45, 2.75) is 25.0 Å². The molecule has 1 saturated heterocycles. The summed E-state index contributed by atoms with van der Waals surface area (Å²) in [6.45, 7) is 2.91. The summed E-state index contributed by atoms with van der Waals surface area (Å²) >= 11 is 0. The van der Waals surface area contributed by atoms with Crippen LogP contribution in [0.2, 0.25) is 0 Å². The predicted molar refractivity (Wildman–Crippen MR) is 75.7 cm³/mol. The lowest BCUT2D eigenvalue weighted by Gasteiger charge is -2.31. The number of carbonyl (C=O) groups is 1. The molecule has 1 fully saturated rings. The van der Waals surface area contributed by atoms with Crippen molar-refractivity contribution in [3.8, 4) is 0 Å². The zero-order chi connectivity index (χ0) is 13.9. The maximum atomic E-state index is 12.4. The van der Waals surface area contributed by atoms with Crippen LogP contribution < -0.4 is 0 Å². The third kappa shape index (κ3) is 2.92. The SMILES string of the molecule is CN1CCOC(C(=O)CC2OCCc3ccccc32)C1. The van der Waals surface area contributed by atoms with E-state index in [0.717, 1.165) is 18.5 Å². The van der Waals surface area contributed by atoms with Crippen molar-refractivity contribution in [3.05, 3.63) is 35.4 Å². The molecule has 2 heterocycles. The number of ether oxygens (including phenoxy) is 2. The topological polar surface area (TPSA) is 38.8 Å². The first kappa shape index (κ1) is 13.7. The van der Waals surface area contributed by atoms with Crippen LogP contribution in [0.5, 0.6) is 0 Å². The number of likely N-dealkylation sites (N-methyl/N-ethyl adjacent to an activating group) is 1. The van der Waals surface area contributed by atoms with Crippen molar-refractivity contribution in [2.24, 2.45) is 0 Å². The van der Waals surface area contributed by atoms with Gasteiger partial charge in [0.15, 0.2) is 5.78 Å². The van der Waals surface area contributed by atoms with Gasteiger partial charge in [-0.15, -0.1) is 0 Å². The van der Waals surface area contributed by atoms with E-state index >= 15 is 0 Å². The molecule has 0 saturated carbocycles. The van der Waals surface area contributed by atoms with Gasteiger partial charge in [-0.1, -0.05) is 24.3 Å². The number of hydrogen-bond acceptors (Lipinski definition) is 4. The van der Waals surface area contributed by atoms with E-state index in [-0.39, 0.29) is 18.0 Å². The Hall–Kier alpha value is -1.23. The molecular formula is C16H21NO3. The van der Waals surface area contributed by atoms with E-state index in [1.807, 2.05) is 19.2 Å². The lowest BCUT2D eigenvalue weighted by molar-refractivity contribution is -0.138. The number of nitrogens with zero attached hydrogens (tertiary/aromatic N) is 1. The Labute approximate surface area is 119 Å². The van der Waals surface area contributed by atoms with E-state index in [2.05, 4.69) is 17.0 Å². The third-order valence-corrected chi connectivity index (χ3v) is 4.11. The summed E-state index contributed by atoms with van der Waals surface area (Å²) in [5.74, 6) is 0.151. The van der Waals surface area contributed by atoms with Gasteiger partial charge in [0, 0.05) is 19.5 Å². The van der Waals surface area contributed by atoms with Crippen molar-refractivity contribution in [3.63, 3.8) is 0 Å². The molecule has 1 aromatic rings. The molecule has 4 heteroatoms. The van der Waals surface area contributed by atoms with E-state index in [0.29, 0.717) is 26.2 Å². The van der Waals surface area contributed by atoms with Gasteiger partial charge in [0.2, 0.25) is 0 Å². The number of benzene rings is 1. The average molecular weight is 275 g/mol. The summed E-state index contributed by atoms with van der Waals surface area (Å²) < 4.78 is 11.4. The van der Waals surface area contributed by atoms with E-state index in [1.165, 1.54) is 5.56 Å². The molecule has 0 aliphatic carbocycles. The highest BCUT2D eigenvalue weighted by atomic mass is 16.5. The highest BCUT2D eigenvalue weighted by Gasteiger charge is 2.29. The molecule has 4 nitrogen and oxygen atoms in total. The van der Waals surface area contributed by atoms with Crippen LogP contribution in [0.3, 0.4) is 0 Å². The number of hydrogen-bond donors (Lipinski definition) is 0. The molecule has 0 aromatic heterocycles. The Balaban J connectivity index is 1.68. The number of morpholine rings is 1. The first-order chi connectivity index (χ1) is 9.74. The van der Waals surface area contributed by atoms with Crippen LogP contribution in [-0.4, -0.2) is 50.1 Å². The second-order valence-corrected chi connectivity index (χ2v) is 5.60. The van der Waals surface area contributed by atoms with Gasteiger partial charge in [0.1, 0.15) is 6.10 Å². The lowest BCUT2D eigenvalue weighted by Crippen LogP contribution is -2.44. The summed E-state index contributed by atoms with van der Waals surface area (Å²) in [4.78, 5) is 14.5. The fourth-order valence-corrected chi connectivity index (χ4v) is 2.93. The number of ketones is 1. The van der Waals surface area contributed by atoms with E-state index < -0.39 is 0 Å². The minimum Gasteiger partial charge on any atom is -0.373 e. The van der Waals surface area contributed by atoms with E-state index in [9.17, 15) is 4.79 Å². The molecule has 0 amide bonds. The van der Waals surface area contributed by atoms with Gasteiger partial charge in [0.25, 0.3) is 0 Å². The predicted octanol–water partition coefficient (Wildman–Crippen LogP) is 1.59. The molecule has 2 aliphatic heterocycles. The zero-order valence-electron chi connectivity index (χ0n) is 11.9. The molecule has 0 bridgehead atoms. The Kier molecular flexibility index (Phi) is 4.15. The minimum absolute atomic E-state index is 0.108. The lowest BCUT2D eigenvalue weighted by atomic mass is 9.93. The van der Waals surface area contributed by atoms with Crippen molar-refractivity contribution >= 4 is 5.78 Å². The standard InChI is InChI=1S/C16H21NO3/c1-17-7-9-20-16(11-17)14(18)10-15-13-5-3-2-4-12(13)6-8-19-15/h2-5,15-16H,6-11H2,1H3. The largest absolute Gasteiger partial charge is 0.373 e. The normalized spacial score (nSPS) is 27.1. The number of carbonyl (C=O) groups excluding carboxylic acids is 1. The molecule has 108 valence electrons. The smallest absolute Gasteiger partial charge is 0.165 e. The molecule has 2 unspecified atom stereocenters. The Morgan fingerprint density at radius 1 is 1.30 bits per heavy atom. The van der Waals surface area contributed by atoms with Gasteiger partial charge < -0.3 is 14.4 Å². The van der Waals surface area contributed by atoms with Gasteiger partial charge in [-0.3, -0.25) is 4.79 Å². The highest BCUT2D eigenvalue weighted by molar-refractivity contribution is 5.84. The molecule has 20 heavy (non-hydrogen) atoms. The van der Waals surface area contributed by atoms with Crippen LogP contribution in [0, 0.1) is 0 Å². The van der Waals surface area contributed by atoms with E-state index in [1.54, 1.807) is 0 Å². The fraction of sp³-hybridized carbons (Fsp3) is 0.562. The quantitative estimate of drug-likeness (QED) is 0.840. The summed E-state index contributed by atoms with van der Waals surface area (Å²) in [5, 5.41) is 0. The fourth-order valence-electron chi connectivity index (χ4n) is 2.93. The zero-order valence-corrected chi connectivity index (χ0v) is 11.9. The summed E-state index contributed by atoms with van der Waals surface area (Å²) in [7, 11) is 2.02. The maximum absolute atomic E-state index is 12.4. The number of rotatable bonds is 3. The first-order valence-electron chi connectivity index (χ1n) is 7.26. The van der Waals surface area contributed by atoms with Crippen molar-refractivity contribution in [1.29, 1.82) is 0 Å². The average Bonchev–Trinajstić information content (AvgIpc) is 2.47. The van der Waals surface area contributed by atoms with Crippen LogP contribution in [0.25, 0.3) is 0 Å². The second-order valence-electron chi connectivity index (χ2n) is 5.60. The first-order valence-corrected chi connectivity index (χ1v) is 7.26.